The van der Waals surface area contributed by atoms with Crippen molar-refractivity contribution in [3.63, 3.8) is 0 Å². The second-order valence-electron chi connectivity index (χ2n) is 4.76. The quantitative estimate of drug-likeness (QED) is 0.904. The Labute approximate surface area is 109 Å². The van der Waals surface area contributed by atoms with Crippen LogP contribution < -0.4 is 15.2 Å². The van der Waals surface area contributed by atoms with E-state index in [1.807, 2.05) is 23.6 Å². The van der Waals surface area contributed by atoms with Gasteiger partial charge in [0.15, 0.2) is 16.6 Å². The van der Waals surface area contributed by atoms with Crippen LogP contribution in [0.4, 0.5) is 5.13 Å². The second kappa shape index (κ2) is 3.88. The zero-order chi connectivity index (χ0) is 12.8. The molecule has 1 aromatic heterocycles. The fraction of sp³-hybridized carbons (Fsp3) is 0.308. The molecule has 2 aromatic rings. The molecular formula is C13H14N2O2S. The predicted molar refractivity (Wildman–Crippen MR) is 71.2 cm³/mol. The molecule has 0 saturated carbocycles. The lowest BCUT2D eigenvalue weighted by Gasteiger charge is -2.23. The van der Waals surface area contributed by atoms with Crippen molar-refractivity contribution in [2.24, 2.45) is 0 Å². The van der Waals surface area contributed by atoms with Gasteiger partial charge in [-0.2, -0.15) is 0 Å². The van der Waals surface area contributed by atoms with Crippen LogP contribution in [-0.2, 0) is 5.41 Å². The maximum absolute atomic E-state index is 5.71. The van der Waals surface area contributed by atoms with Gasteiger partial charge in [0.1, 0.15) is 0 Å². The van der Waals surface area contributed by atoms with Gasteiger partial charge >= 0.3 is 0 Å². The van der Waals surface area contributed by atoms with Gasteiger partial charge in [-0.1, -0.05) is 19.9 Å². The van der Waals surface area contributed by atoms with Gasteiger partial charge in [-0.3, -0.25) is 0 Å². The molecule has 0 amide bonds. The maximum atomic E-state index is 5.71. The van der Waals surface area contributed by atoms with Crippen molar-refractivity contribution in [1.82, 2.24) is 4.98 Å². The molecule has 0 unspecified atom stereocenters. The molecule has 0 atom stereocenters. The highest BCUT2D eigenvalue weighted by Gasteiger charge is 2.28. The van der Waals surface area contributed by atoms with Crippen LogP contribution in [0.2, 0.25) is 0 Å². The predicted octanol–water partition coefficient (Wildman–Crippen LogP) is 2.78. The summed E-state index contributed by atoms with van der Waals surface area (Å²) in [5, 5.41) is 2.60. The SMILES string of the molecule is CC(C)(c1ccc2c(c1)OCO2)c1csc(N)n1. The topological polar surface area (TPSA) is 57.4 Å². The van der Waals surface area contributed by atoms with Crippen molar-refractivity contribution in [2.75, 3.05) is 12.5 Å². The van der Waals surface area contributed by atoms with Gasteiger partial charge in [0.05, 0.1) is 5.69 Å². The van der Waals surface area contributed by atoms with E-state index in [4.69, 9.17) is 15.2 Å². The van der Waals surface area contributed by atoms with Crippen molar-refractivity contribution in [3.05, 3.63) is 34.8 Å². The first-order valence-corrected chi connectivity index (χ1v) is 6.57. The number of ether oxygens (including phenoxy) is 2. The van der Waals surface area contributed by atoms with Crippen LogP contribution in [0, 0.1) is 0 Å². The summed E-state index contributed by atoms with van der Waals surface area (Å²) in [7, 11) is 0. The lowest BCUT2D eigenvalue weighted by atomic mass is 9.82. The van der Waals surface area contributed by atoms with Gasteiger partial charge in [-0.15, -0.1) is 11.3 Å². The van der Waals surface area contributed by atoms with Gasteiger partial charge in [-0.25, -0.2) is 4.98 Å². The third kappa shape index (κ3) is 1.71. The Morgan fingerprint density at radius 3 is 2.78 bits per heavy atom. The van der Waals surface area contributed by atoms with Crippen molar-refractivity contribution < 1.29 is 9.47 Å². The van der Waals surface area contributed by atoms with Gasteiger partial charge in [0.2, 0.25) is 6.79 Å². The third-order valence-corrected chi connectivity index (χ3v) is 3.93. The molecule has 1 aliphatic heterocycles. The van der Waals surface area contributed by atoms with Crippen LogP contribution in [0.5, 0.6) is 11.5 Å². The Bertz CT molecular complexity index is 592. The largest absolute Gasteiger partial charge is 0.454 e. The summed E-state index contributed by atoms with van der Waals surface area (Å²) in [6, 6.07) is 6.00. The first kappa shape index (κ1) is 11.3. The van der Waals surface area contributed by atoms with E-state index in [0.29, 0.717) is 11.9 Å². The first-order chi connectivity index (χ1) is 8.57. The molecule has 0 bridgehead atoms. The lowest BCUT2D eigenvalue weighted by Crippen LogP contribution is -2.19. The van der Waals surface area contributed by atoms with Crippen LogP contribution >= 0.6 is 11.3 Å². The van der Waals surface area contributed by atoms with Crippen molar-refractivity contribution in [1.29, 1.82) is 0 Å². The number of thiazole rings is 1. The summed E-state index contributed by atoms with van der Waals surface area (Å²) in [4.78, 5) is 4.38. The average Bonchev–Trinajstić information content (AvgIpc) is 2.96. The van der Waals surface area contributed by atoms with E-state index in [1.54, 1.807) is 0 Å². The normalized spacial score (nSPS) is 13.9. The number of anilines is 1. The number of rotatable bonds is 2. The molecule has 18 heavy (non-hydrogen) atoms. The number of hydrogen-bond acceptors (Lipinski definition) is 5. The van der Waals surface area contributed by atoms with Crippen LogP contribution in [-0.4, -0.2) is 11.8 Å². The summed E-state index contributed by atoms with van der Waals surface area (Å²) in [6.45, 7) is 4.54. The summed E-state index contributed by atoms with van der Waals surface area (Å²) < 4.78 is 10.7. The van der Waals surface area contributed by atoms with Gasteiger partial charge in [0.25, 0.3) is 0 Å². The zero-order valence-electron chi connectivity index (χ0n) is 10.3. The molecular weight excluding hydrogens is 248 g/mol. The van der Waals surface area contributed by atoms with Gasteiger partial charge in [0, 0.05) is 10.8 Å². The molecule has 0 saturated heterocycles. The van der Waals surface area contributed by atoms with Crippen LogP contribution in [0.25, 0.3) is 0 Å². The second-order valence-corrected chi connectivity index (χ2v) is 5.65. The standard InChI is InChI=1S/C13H14N2O2S/c1-13(2,11-6-18-12(14)15-11)8-3-4-9-10(5-8)17-7-16-9/h3-6H,7H2,1-2H3,(H2,14,15). The van der Waals surface area contributed by atoms with Crippen molar-refractivity contribution >= 4 is 16.5 Å². The molecule has 2 heterocycles. The molecule has 1 aromatic carbocycles. The van der Waals surface area contributed by atoms with E-state index in [2.05, 4.69) is 18.8 Å². The van der Waals surface area contributed by atoms with E-state index in [0.717, 1.165) is 22.8 Å². The molecule has 94 valence electrons. The van der Waals surface area contributed by atoms with Crippen LogP contribution in [0.1, 0.15) is 25.1 Å². The van der Waals surface area contributed by atoms with Gasteiger partial charge < -0.3 is 15.2 Å². The smallest absolute Gasteiger partial charge is 0.231 e. The molecule has 4 nitrogen and oxygen atoms in total. The van der Waals surface area contributed by atoms with Crippen LogP contribution in [0.3, 0.4) is 0 Å². The van der Waals surface area contributed by atoms with E-state index in [1.165, 1.54) is 11.3 Å². The van der Waals surface area contributed by atoms with E-state index < -0.39 is 0 Å². The Morgan fingerprint density at radius 2 is 2.06 bits per heavy atom. The summed E-state index contributed by atoms with van der Waals surface area (Å²) in [6.07, 6.45) is 0. The first-order valence-electron chi connectivity index (χ1n) is 5.69. The highest BCUT2D eigenvalue weighted by Crippen LogP contribution is 2.39. The highest BCUT2D eigenvalue weighted by molar-refractivity contribution is 7.13. The van der Waals surface area contributed by atoms with E-state index >= 15 is 0 Å². The summed E-state index contributed by atoms with van der Waals surface area (Å²) >= 11 is 1.46. The number of benzene rings is 1. The molecule has 1 aliphatic rings. The van der Waals surface area contributed by atoms with E-state index in [9.17, 15) is 0 Å². The zero-order valence-corrected chi connectivity index (χ0v) is 11.1. The minimum atomic E-state index is -0.199. The number of aromatic nitrogens is 1. The number of nitrogen functional groups attached to an aromatic ring is 1. The number of hydrogen-bond donors (Lipinski definition) is 1. The number of nitrogens with zero attached hydrogens (tertiary/aromatic N) is 1. The Hall–Kier alpha value is -1.75. The fourth-order valence-electron chi connectivity index (χ4n) is 2.01. The fourth-order valence-corrected chi connectivity index (χ4v) is 2.74. The van der Waals surface area contributed by atoms with Gasteiger partial charge in [-0.05, 0) is 17.7 Å². The molecule has 3 rings (SSSR count). The Morgan fingerprint density at radius 1 is 1.28 bits per heavy atom. The van der Waals surface area contributed by atoms with Crippen molar-refractivity contribution in [3.8, 4) is 11.5 Å². The highest BCUT2D eigenvalue weighted by atomic mass is 32.1. The molecule has 2 N–H and O–H groups in total. The average molecular weight is 262 g/mol. The van der Waals surface area contributed by atoms with E-state index in [-0.39, 0.29) is 5.41 Å². The molecule has 5 heteroatoms. The number of fused-ring (bicyclic) bond motifs is 1. The third-order valence-electron chi connectivity index (χ3n) is 3.26. The minimum Gasteiger partial charge on any atom is -0.454 e. The number of nitrogens with two attached hydrogens (primary N) is 1. The minimum absolute atomic E-state index is 0.199. The monoisotopic (exact) mass is 262 g/mol. The molecule has 0 radical (unpaired) electrons. The Kier molecular flexibility index (Phi) is 2.45. The molecule has 0 aliphatic carbocycles. The molecule has 0 fully saturated rings. The summed E-state index contributed by atoms with van der Waals surface area (Å²) in [5.74, 6) is 1.59. The molecule has 0 spiro atoms. The Balaban J connectivity index is 2.03. The summed E-state index contributed by atoms with van der Waals surface area (Å²) in [5.41, 5.74) is 7.62. The lowest BCUT2D eigenvalue weighted by molar-refractivity contribution is 0.174. The maximum Gasteiger partial charge on any atom is 0.231 e. The van der Waals surface area contributed by atoms with Crippen LogP contribution in [0.15, 0.2) is 23.6 Å². The van der Waals surface area contributed by atoms with Crippen molar-refractivity contribution in [2.45, 2.75) is 19.3 Å².